The van der Waals surface area contributed by atoms with Gasteiger partial charge < -0.3 is 26.0 Å². The van der Waals surface area contributed by atoms with Gasteiger partial charge in [-0.2, -0.15) is 0 Å². The lowest BCUT2D eigenvalue weighted by Gasteiger charge is -2.44. The van der Waals surface area contributed by atoms with Crippen LogP contribution in [0.4, 0.5) is 0 Å². The van der Waals surface area contributed by atoms with E-state index < -0.39 is 7.12 Å². The molecule has 2 heterocycles. The second kappa shape index (κ2) is 9.67. The molecule has 4 rings (SSSR count). The summed E-state index contributed by atoms with van der Waals surface area (Å²) in [7, 11) is -1.23. The van der Waals surface area contributed by atoms with Crippen LogP contribution >= 0.6 is 0 Å². The average molecular weight is 405 g/mol. The predicted octanol–water partition coefficient (Wildman–Crippen LogP) is 1.75. The lowest BCUT2D eigenvalue weighted by molar-refractivity contribution is -0.136. The van der Waals surface area contributed by atoms with Crippen molar-refractivity contribution in [1.82, 2.24) is 10.2 Å². The Balaban J connectivity index is 1.26. The summed E-state index contributed by atoms with van der Waals surface area (Å²) in [5.41, 5.74) is 5.92. The molecule has 0 radical (unpaired) electrons. The van der Waals surface area contributed by atoms with Crippen molar-refractivity contribution in [2.24, 2.45) is 29.4 Å². The van der Waals surface area contributed by atoms with Crippen LogP contribution in [-0.2, 0) is 4.79 Å². The Bertz CT molecular complexity index is 555. The van der Waals surface area contributed by atoms with E-state index in [2.05, 4.69) is 10.2 Å². The number of piperidine rings is 2. The maximum atomic E-state index is 13.2. The van der Waals surface area contributed by atoms with Crippen LogP contribution in [0.2, 0.25) is 5.82 Å². The van der Waals surface area contributed by atoms with Gasteiger partial charge in [-0.25, -0.2) is 0 Å². The Morgan fingerprint density at radius 3 is 2.41 bits per heavy atom. The van der Waals surface area contributed by atoms with Crippen LogP contribution in [0.25, 0.3) is 0 Å². The van der Waals surface area contributed by atoms with Crippen molar-refractivity contribution in [3.05, 3.63) is 0 Å². The van der Waals surface area contributed by atoms with Crippen molar-refractivity contribution >= 4 is 13.0 Å². The molecule has 2 saturated heterocycles. The molecule has 1 amide bonds. The van der Waals surface area contributed by atoms with E-state index in [1.54, 1.807) is 0 Å². The number of nitrogens with two attached hydrogens (primary N) is 1. The number of carbonyl (C=O) groups excluding carboxylic acids is 1. The van der Waals surface area contributed by atoms with Crippen LogP contribution in [0.5, 0.6) is 0 Å². The zero-order chi connectivity index (χ0) is 20.4. The van der Waals surface area contributed by atoms with Gasteiger partial charge in [0.15, 0.2) is 0 Å². The standard InChI is InChI=1S/C22H40BN3O3/c24-14-15-2-1-3-18(12-15)16-8-10-26(11-9-16)22(27)20-7-5-17-4-6-19(23(28)29)13-21(17)25-20/h15-21,25,28-29H,1-14,24H2. The zero-order valence-corrected chi connectivity index (χ0v) is 17.8. The first-order valence-corrected chi connectivity index (χ1v) is 12.2. The van der Waals surface area contributed by atoms with Crippen molar-refractivity contribution in [2.75, 3.05) is 19.6 Å². The van der Waals surface area contributed by atoms with E-state index in [4.69, 9.17) is 5.73 Å². The third kappa shape index (κ3) is 5.00. The second-order valence-electron chi connectivity index (χ2n) is 10.3. The fourth-order valence-electron chi connectivity index (χ4n) is 6.79. The Morgan fingerprint density at radius 1 is 0.931 bits per heavy atom. The molecule has 6 atom stereocenters. The normalized spacial score (nSPS) is 39.1. The van der Waals surface area contributed by atoms with Crippen molar-refractivity contribution in [1.29, 1.82) is 0 Å². The van der Waals surface area contributed by atoms with Gasteiger partial charge in [0.1, 0.15) is 0 Å². The molecule has 0 aromatic carbocycles. The number of nitrogens with zero attached hydrogens (tertiary/aromatic N) is 1. The molecule has 5 N–H and O–H groups in total. The number of fused-ring (bicyclic) bond motifs is 1. The highest BCUT2D eigenvalue weighted by atomic mass is 16.4. The van der Waals surface area contributed by atoms with E-state index in [9.17, 15) is 14.8 Å². The highest BCUT2D eigenvalue weighted by Crippen LogP contribution is 2.40. The topological polar surface area (TPSA) is 98.8 Å². The molecule has 0 aromatic rings. The van der Waals surface area contributed by atoms with Crippen molar-refractivity contribution < 1.29 is 14.8 Å². The number of amides is 1. The first kappa shape index (κ1) is 21.6. The fourth-order valence-corrected chi connectivity index (χ4v) is 6.79. The van der Waals surface area contributed by atoms with Gasteiger partial charge >= 0.3 is 7.12 Å². The van der Waals surface area contributed by atoms with E-state index in [1.807, 2.05) is 0 Å². The fraction of sp³-hybridized carbons (Fsp3) is 0.955. The van der Waals surface area contributed by atoms with Crippen molar-refractivity contribution in [3.8, 4) is 0 Å². The van der Waals surface area contributed by atoms with Gasteiger partial charge in [-0.15, -0.1) is 0 Å². The number of hydrogen-bond donors (Lipinski definition) is 4. The molecular formula is C22H40BN3O3. The minimum atomic E-state index is -1.23. The van der Waals surface area contributed by atoms with Gasteiger partial charge in [-0.1, -0.05) is 19.3 Å². The molecule has 2 aliphatic heterocycles. The van der Waals surface area contributed by atoms with Crippen LogP contribution in [0.15, 0.2) is 0 Å². The summed E-state index contributed by atoms with van der Waals surface area (Å²) in [6, 6.07) is 0.171. The maximum absolute atomic E-state index is 13.2. The Kier molecular flexibility index (Phi) is 7.20. The van der Waals surface area contributed by atoms with Gasteiger partial charge in [0.05, 0.1) is 6.04 Å². The van der Waals surface area contributed by atoms with Crippen LogP contribution in [0.3, 0.4) is 0 Å². The highest BCUT2D eigenvalue weighted by molar-refractivity contribution is 6.43. The summed E-state index contributed by atoms with van der Waals surface area (Å²) >= 11 is 0. The number of nitrogens with one attached hydrogen (secondary N) is 1. The monoisotopic (exact) mass is 405 g/mol. The van der Waals surface area contributed by atoms with Crippen LogP contribution in [-0.4, -0.2) is 59.7 Å². The Morgan fingerprint density at radius 2 is 1.69 bits per heavy atom. The first-order valence-electron chi connectivity index (χ1n) is 12.2. The molecule has 2 saturated carbocycles. The number of likely N-dealkylation sites (tertiary alicyclic amines) is 1. The Labute approximate surface area is 176 Å². The molecule has 164 valence electrons. The molecular weight excluding hydrogens is 365 g/mol. The number of rotatable bonds is 4. The minimum Gasteiger partial charge on any atom is -0.427 e. The molecule has 0 spiro atoms. The highest BCUT2D eigenvalue weighted by Gasteiger charge is 2.41. The molecule has 4 fully saturated rings. The van der Waals surface area contributed by atoms with E-state index in [1.165, 1.54) is 25.7 Å². The van der Waals surface area contributed by atoms with Crippen molar-refractivity contribution in [3.63, 3.8) is 0 Å². The van der Waals surface area contributed by atoms with Gasteiger partial charge in [0, 0.05) is 19.1 Å². The maximum Gasteiger partial charge on any atom is 0.454 e. The smallest absolute Gasteiger partial charge is 0.427 e. The van der Waals surface area contributed by atoms with Crippen LogP contribution < -0.4 is 11.1 Å². The predicted molar refractivity (Wildman–Crippen MR) is 115 cm³/mol. The zero-order valence-electron chi connectivity index (χ0n) is 17.8. The summed E-state index contributed by atoms with van der Waals surface area (Å²) in [5, 5.41) is 22.7. The average Bonchev–Trinajstić information content (AvgIpc) is 2.78. The van der Waals surface area contributed by atoms with Gasteiger partial charge in [0.2, 0.25) is 5.91 Å². The minimum absolute atomic E-state index is 0.0545. The third-order valence-corrected chi connectivity index (χ3v) is 8.67. The van der Waals surface area contributed by atoms with Gasteiger partial charge in [-0.3, -0.25) is 4.79 Å². The van der Waals surface area contributed by atoms with Crippen LogP contribution in [0, 0.1) is 23.7 Å². The quantitative estimate of drug-likeness (QED) is 0.535. The number of carbonyl (C=O) groups is 1. The van der Waals surface area contributed by atoms with Crippen molar-refractivity contribution in [2.45, 2.75) is 88.5 Å². The largest absolute Gasteiger partial charge is 0.454 e. The SMILES string of the molecule is NCC1CCCC(C2CCN(C(=O)C3CCC4CCC(B(O)O)CC4N3)CC2)C1. The van der Waals surface area contributed by atoms with E-state index in [0.717, 1.165) is 76.4 Å². The van der Waals surface area contributed by atoms with Gasteiger partial charge in [0.25, 0.3) is 0 Å². The van der Waals surface area contributed by atoms with E-state index in [-0.39, 0.29) is 23.8 Å². The molecule has 6 nitrogen and oxygen atoms in total. The summed E-state index contributed by atoms with van der Waals surface area (Å²) in [6.07, 6.45) is 12.3. The molecule has 7 heteroatoms. The van der Waals surface area contributed by atoms with Crippen LogP contribution in [0.1, 0.15) is 70.6 Å². The van der Waals surface area contributed by atoms with Gasteiger partial charge in [-0.05, 0) is 87.4 Å². The summed E-state index contributed by atoms with van der Waals surface area (Å²) < 4.78 is 0. The molecule has 4 aliphatic rings. The Hall–Kier alpha value is -0.625. The lowest BCUT2D eigenvalue weighted by atomic mass is 9.60. The summed E-state index contributed by atoms with van der Waals surface area (Å²) in [5.74, 6) is 3.10. The molecule has 0 bridgehead atoms. The molecule has 6 unspecified atom stereocenters. The summed E-state index contributed by atoms with van der Waals surface area (Å²) in [6.45, 7) is 2.63. The van der Waals surface area contributed by atoms with E-state index >= 15 is 0 Å². The molecule has 29 heavy (non-hydrogen) atoms. The summed E-state index contributed by atoms with van der Waals surface area (Å²) in [4.78, 5) is 15.3. The lowest BCUT2D eigenvalue weighted by Crippen LogP contribution is -2.57. The third-order valence-electron chi connectivity index (χ3n) is 8.67. The number of hydrogen-bond acceptors (Lipinski definition) is 5. The van der Waals surface area contributed by atoms with E-state index in [0.29, 0.717) is 11.8 Å². The molecule has 2 aliphatic carbocycles. The molecule has 0 aromatic heterocycles. The second-order valence-corrected chi connectivity index (χ2v) is 10.3. The first-order chi connectivity index (χ1) is 14.0.